The molecular weight excluding hydrogens is 544 g/mol. The molecule has 1 fully saturated rings. The Morgan fingerprint density at radius 3 is 2.39 bits per heavy atom. The Morgan fingerprint density at radius 1 is 0.903 bits per heavy atom. The normalized spacial score (nSPS) is 14.5. The number of hydrogen-bond acceptors (Lipinski definition) is 3. The fourth-order valence-corrected chi connectivity index (χ4v) is 4.73. The van der Waals surface area contributed by atoms with Crippen molar-refractivity contribution in [2.75, 3.05) is 36.4 Å². The number of amides is 1. The van der Waals surface area contributed by atoms with Gasteiger partial charge in [-0.25, -0.2) is 0 Å². The number of piperazine rings is 1. The number of carbonyl (C=O) groups excluding carboxylic acids is 1. The van der Waals surface area contributed by atoms with Crippen LogP contribution >= 0.6 is 45.8 Å². The first-order chi connectivity index (χ1) is 15.0. The molecule has 31 heavy (non-hydrogen) atoms. The van der Waals surface area contributed by atoms with Gasteiger partial charge in [0.15, 0.2) is 0 Å². The van der Waals surface area contributed by atoms with Crippen LogP contribution in [0.1, 0.15) is 15.9 Å². The maximum absolute atomic E-state index is 12.5. The molecule has 0 radical (unpaired) electrons. The van der Waals surface area contributed by atoms with Gasteiger partial charge in [-0.05, 0) is 70.6 Å². The lowest BCUT2D eigenvalue weighted by molar-refractivity contribution is 0.102. The first kappa shape index (κ1) is 22.4. The number of halogens is 3. The van der Waals surface area contributed by atoms with Crippen LogP contribution in [0.2, 0.25) is 10.0 Å². The summed E-state index contributed by atoms with van der Waals surface area (Å²) in [7, 11) is 0. The van der Waals surface area contributed by atoms with Crippen molar-refractivity contribution in [1.29, 1.82) is 0 Å². The van der Waals surface area contributed by atoms with Crippen molar-refractivity contribution in [2.45, 2.75) is 6.54 Å². The molecule has 3 aromatic rings. The van der Waals surface area contributed by atoms with Crippen molar-refractivity contribution in [1.82, 2.24) is 4.90 Å². The highest BCUT2D eigenvalue weighted by Crippen LogP contribution is 2.30. The van der Waals surface area contributed by atoms with E-state index in [2.05, 4.69) is 43.8 Å². The minimum Gasteiger partial charge on any atom is -0.368 e. The Morgan fingerprint density at radius 2 is 1.68 bits per heavy atom. The van der Waals surface area contributed by atoms with Gasteiger partial charge in [0.25, 0.3) is 5.91 Å². The van der Waals surface area contributed by atoms with E-state index in [1.54, 1.807) is 6.07 Å². The molecule has 3 aromatic carbocycles. The second-order valence-electron chi connectivity index (χ2n) is 7.49. The van der Waals surface area contributed by atoms with Crippen LogP contribution < -0.4 is 10.2 Å². The summed E-state index contributed by atoms with van der Waals surface area (Å²) in [4.78, 5) is 17.2. The molecule has 0 atom stereocenters. The van der Waals surface area contributed by atoms with Crippen LogP contribution in [0.5, 0.6) is 0 Å². The van der Waals surface area contributed by atoms with Crippen LogP contribution in [0.15, 0.2) is 66.7 Å². The lowest BCUT2D eigenvalue weighted by atomic mass is 10.1. The molecule has 0 spiro atoms. The van der Waals surface area contributed by atoms with E-state index >= 15 is 0 Å². The van der Waals surface area contributed by atoms with E-state index in [4.69, 9.17) is 23.2 Å². The van der Waals surface area contributed by atoms with Crippen molar-refractivity contribution in [2.24, 2.45) is 0 Å². The topological polar surface area (TPSA) is 35.6 Å². The molecule has 1 aliphatic rings. The minimum atomic E-state index is -0.143. The third-order valence-corrected chi connectivity index (χ3v) is 6.70. The molecule has 4 rings (SSSR count). The van der Waals surface area contributed by atoms with E-state index in [-0.39, 0.29) is 5.91 Å². The van der Waals surface area contributed by atoms with Gasteiger partial charge >= 0.3 is 0 Å². The number of benzene rings is 3. The van der Waals surface area contributed by atoms with Gasteiger partial charge in [0.05, 0.1) is 10.7 Å². The van der Waals surface area contributed by atoms with Gasteiger partial charge in [0, 0.05) is 52.6 Å². The summed E-state index contributed by atoms with van der Waals surface area (Å²) < 4.78 is 1.02. The molecule has 1 N–H and O–H groups in total. The highest BCUT2D eigenvalue weighted by atomic mass is 127. The highest BCUT2D eigenvalue weighted by Gasteiger charge is 2.20. The molecule has 0 aromatic heterocycles. The van der Waals surface area contributed by atoms with Crippen molar-refractivity contribution >= 4 is 63.1 Å². The van der Waals surface area contributed by atoms with Crippen molar-refractivity contribution < 1.29 is 4.79 Å². The molecule has 0 unspecified atom stereocenters. The summed E-state index contributed by atoms with van der Waals surface area (Å²) in [6.45, 7) is 4.50. The van der Waals surface area contributed by atoms with Crippen LogP contribution in [0, 0.1) is 3.57 Å². The molecule has 4 nitrogen and oxygen atoms in total. The van der Waals surface area contributed by atoms with E-state index < -0.39 is 0 Å². The quantitative estimate of drug-likeness (QED) is 0.376. The van der Waals surface area contributed by atoms with Crippen LogP contribution in [-0.2, 0) is 6.54 Å². The van der Waals surface area contributed by atoms with Crippen LogP contribution in [-0.4, -0.2) is 37.0 Å². The zero-order valence-electron chi connectivity index (χ0n) is 16.8. The molecule has 1 amide bonds. The number of hydrogen-bond donors (Lipinski definition) is 1. The van der Waals surface area contributed by atoms with E-state index in [0.29, 0.717) is 16.3 Å². The summed E-state index contributed by atoms with van der Waals surface area (Å²) in [6.07, 6.45) is 0. The second kappa shape index (κ2) is 10.2. The van der Waals surface area contributed by atoms with Crippen LogP contribution in [0.4, 0.5) is 11.4 Å². The van der Waals surface area contributed by atoms with Gasteiger partial charge in [0.1, 0.15) is 0 Å². The van der Waals surface area contributed by atoms with E-state index in [0.717, 1.165) is 52.6 Å². The fraction of sp³-hybridized carbons (Fsp3) is 0.208. The van der Waals surface area contributed by atoms with Gasteiger partial charge in [-0.1, -0.05) is 47.5 Å². The maximum Gasteiger partial charge on any atom is 0.255 e. The number of nitrogens with one attached hydrogen (secondary N) is 1. The minimum absolute atomic E-state index is 0.143. The Hall–Kier alpha value is -1.80. The molecule has 1 saturated heterocycles. The highest BCUT2D eigenvalue weighted by molar-refractivity contribution is 14.1. The smallest absolute Gasteiger partial charge is 0.255 e. The average Bonchev–Trinajstić information content (AvgIpc) is 2.76. The Bertz CT molecular complexity index is 1080. The molecule has 1 aliphatic heterocycles. The average molecular weight is 566 g/mol. The van der Waals surface area contributed by atoms with Gasteiger partial charge in [-0.2, -0.15) is 0 Å². The van der Waals surface area contributed by atoms with Gasteiger partial charge in [-0.3, -0.25) is 9.69 Å². The second-order valence-corrected chi connectivity index (χ2v) is 9.55. The monoisotopic (exact) mass is 565 g/mol. The lowest BCUT2D eigenvalue weighted by Crippen LogP contribution is -2.46. The molecule has 0 saturated carbocycles. The zero-order valence-corrected chi connectivity index (χ0v) is 20.5. The fourth-order valence-electron chi connectivity index (χ4n) is 3.69. The SMILES string of the molecule is O=C(Nc1ccc(N2CCN(Cc3ccccc3Cl)CC2)c(Cl)c1)c1cccc(I)c1. The first-order valence-electron chi connectivity index (χ1n) is 10.1. The Labute approximate surface area is 206 Å². The number of nitrogens with zero attached hydrogens (tertiary/aromatic N) is 2. The van der Waals surface area contributed by atoms with E-state index in [1.165, 1.54) is 0 Å². The van der Waals surface area contributed by atoms with Crippen molar-refractivity contribution in [3.63, 3.8) is 0 Å². The van der Waals surface area contributed by atoms with Crippen LogP contribution in [0.3, 0.4) is 0 Å². The summed E-state index contributed by atoms with van der Waals surface area (Å²) in [5.74, 6) is -0.143. The van der Waals surface area contributed by atoms with E-state index in [1.807, 2.05) is 54.6 Å². The van der Waals surface area contributed by atoms with Gasteiger partial charge < -0.3 is 10.2 Å². The summed E-state index contributed by atoms with van der Waals surface area (Å²) in [5, 5.41) is 4.38. The predicted molar refractivity (Wildman–Crippen MR) is 138 cm³/mol. The molecule has 160 valence electrons. The molecular formula is C24H22Cl2IN3O. The first-order valence-corrected chi connectivity index (χ1v) is 11.9. The standard InChI is InChI=1S/C24H22Cl2IN3O/c25-21-7-2-1-4-18(21)16-29-10-12-30(13-11-29)23-9-8-20(15-22(23)26)28-24(31)17-5-3-6-19(27)14-17/h1-9,14-15H,10-13,16H2,(H,28,31). The lowest BCUT2D eigenvalue weighted by Gasteiger charge is -2.36. The third-order valence-electron chi connectivity index (χ3n) is 5.36. The van der Waals surface area contributed by atoms with Gasteiger partial charge in [0.2, 0.25) is 0 Å². The zero-order chi connectivity index (χ0) is 21.8. The molecule has 7 heteroatoms. The maximum atomic E-state index is 12.5. The largest absolute Gasteiger partial charge is 0.368 e. The van der Waals surface area contributed by atoms with Crippen molar-refractivity contribution in [3.05, 3.63) is 91.5 Å². The van der Waals surface area contributed by atoms with E-state index in [9.17, 15) is 4.79 Å². The third kappa shape index (κ3) is 5.71. The van der Waals surface area contributed by atoms with Crippen molar-refractivity contribution in [3.8, 4) is 0 Å². The number of carbonyl (C=O) groups is 1. The Balaban J connectivity index is 1.36. The number of rotatable bonds is 5. The summed E-state index contributed by atoms with van der Waals surface area (Å²) >= 11 is 15.1. The number of anilines is 2. The summed E-state index contributed by atoms with van der Waals surface area (Å²) in [6, 6.07) is 21.2. The summed E-state index contributed by atoms with van der Waals surface area (Å²) in [5.41, 5.74) is 3.46. The molecule has 0 bridgehead atoms. The van der Waals surface area contributed by atoms with Gasteiger partial charge in [-0.15, -0.1) is 0 Å². The van der Waals surface area contributed by atoms with Crippen LogP contribution in [0.25, 0.3) is 0 Å². The molecule has 1 heterocycles. The predicted octanol–water partition coefficient (Wildman–Crippen LogP) is 6.17. The Kier molecular flexibility index (Phi) is 7.38. The molecule has 0 aliphatic carbocycles.